The van der Waals surface area contributed by atoms with Gasteiger partial charge in [-0.1, -0.05) is 13.3 Å². The lowest BCUT2D eigenvalue weighted by Gasteiger charge is -2.24. The van der Waals surface area contributed by atoms with Gasteiger partial charge in [0.25, 0.3) is 0 Å². The minimum Gasteiger partial charge on any atom is -0.378 e. The van der Waals surface area contributed by atoms with Crippen molar-refractivity contribution in [2.24, 2.45) is 0 Å². The van der Waals surface area contributed by atoms with Crippen LogP contribution in [0.3, 0.4) is 0 Å². The molecule has 0 aromatic heterocycles. The molecule has 0 unspecified atom stereocenters. The maximum Gasteiger partial charge on any atom is 0.224 e. The third kappa shape index (κ3) is 5.93. The zero-order chi connectivity index (χ0) is 17.4. The third-order valence-electron chi connectivity index (χ3n) is 3.88. The number of benzene rings is 1. The van der Waals surface area contributed by atoms with Crippen molar-refractivity contribution in [3.05, 3.63) is 24.3 Å². The van der Waals surface area contributed by atoms with Crippen LogP contribution in [0.15, 0.2) is 24.3 Å². The minimum absolute atomic E-state index is 0.0494. The molecule has 5 nitrogen and oxygen atoms in total. The molecule has 1 aromatic carbocycles. The Hall–Kier alpha value is -2.04. The molecular formula is C18H29N3O2. The Morgan fingerprint density at radius 3 is 2.00 bits per heavy atom. The van der Waals surface area contributed by atoms with Gasteiger partial charge in [-0.2, -0.15) is 0 Å². The van der Waals surface area contributed by atoms with E-state index in [4.69, 9.17) is 0 Å². The van der Waals surface area contributed by atoms with E-state index in [-0.39, 0.29) is 11.8 Å². The average molecular weight is 319 g/mol. The lowest BCUT2D eigenvalue weighted by atomic mass is 10.2. The summed E-state index contributed by atoms with van der Waals surface area (Å²) in [6, 6.07) is 7.78. The van der Waals surface area contributed by atoms with Crippen LogP contribution in [0.1, 0.15) is 33.1 Å². The molecule has 0 fully saturated rings. The average Bonchev–Trinajstić information content (AvgIpc) is 2.52. The van der Waals surface area contributed by atoms with Crippen molar-refractivity contribution >= 4 is 23.2 Å². The first kappa shape index (κ1) is 19.0. The summed E-state index contributed by atoms with van der Waals surface area (Å²) in [5.41, 5.74) is 1.90. The zero-order valence-electron chi connectivity index (χ0n) is 15.0. The SMILES string of the molecule is CCCCN(C)C(=O)CCN(C(C)=O)c1ccc(N(C)C)cc1. The quantitative estimate of drug-likeness (QED) is 0.740. The molecule has 0 bridgehead atoms. The van der Waals surface area contributed by atoms with E-state index in [1.54, 1.807) is 9.80 Å². The predicted molar refractivity (Wildman–Crippen MR) is 96.0 cm³/mol. The highest BCUT2D eigenvalue weighted by atomic mass is 16.2. The smallest absolute Gasteiger partial charge is 0.224 e. The molecule has 0 saturated heterocycles. The summed E-state index contributed by atoms with van der Waals surface area (Å²) in [5, 5.41) is 0. The van der Waals surface area contributed by atoms with Gasteiger partial charge in [-0.05, 0) is 30.7 Å². The first-order valence-corrected chi connectivity index (χ1v) is 8.16. The highest BCUT2D eigenvalue weighted by Crippen LogP contribution is 2.20. The zero-order valence-corrected chi connectivity index (χ0v) is 15.0. The summed E-state index contributed by atoms with van der Waals surface area (Å²) in [5.74, 6) is 0.0289. The van der Waals surface area contributed by atoms with Crippen molar-refractivity contribution in [3.63, 3.8) is 0 Å². The maximum atomic E-state index is 12.1. The Labute approximate surface area is 139 Å². The fourth-order valence-corrected chi connectivity index (χ4v) is 2.32. The molecule has 0 atom stereocenters. The van der Waals surface area contributed by atoms with Gasteiger partial charge in [0.1, 0.15) is 0 Å². The van der Waals surface area contributed by atoms with Gasteiger partial charge in [0.05, 0.1) is 0 Å². The van der Waals surface area contributed by atoms with E-state index in [0.29, 0.717) is 13.0 Å². The van der Waals surface area contributed by atoms with E-state index in [0.717, 1.165) is 30.8 Å². The van der Waals surface area contributed by atoms with Crippen molar-refractivity contribution in [2.45, 2.75) is 33.1 Å². The lowest BCUT2D eigenvalue weighted by Crippen LogP contribution is -2.35. The van der Waals surface area contributed by atoms with Crippen LogP contribution >= 0.6 is 0 Å². The number of anilines is 2. The van der Waals surface area contributed by atoms with Crippen molar-refractivity contribution in [3.8, 4) is 0 Å². The molecule has 0 aliphatic carbocycles. The Morgan fingerprint density at radius 1 is 0.957 bits per heavy atom. The van der Waals surface area contributed by atoms with Crippen molar-refractivity contribution in [2.75, 3.05) is 44.0 Å². The number of carbonyl (C=O) groups is 2. The molecule has 0 heterocycles. The van der Waals surface area contributed by atoms with E-state index in [1.165, 1.54) is 6.92 Å². The molecule has 0 spiro atoms. The maximum absolute atomic E-state index is 12.1. The van der Waals surface area contributed by atoms with Crippen LogP contribution < -0.4 is 9.80 Å². The molecular weight excluding hydrogens is 290 g/mol. The van der Waals surface area contributed by atoms with Gasteiger partial charge in [0.2, 0.25) is 11.8 Å². The standard InChI is InChI=1S/C18H29N3O2/c1-6-7-13-20(5)18(23)12-14-21(15(2)22)17-10-8-16(9-11-17)19(3)4/h8-11H,6-7,12-14H2,1-5H3. The number of rotatable bonds is 8. The normalized spacial score (nSPS) is 10.3. The second kappa shape index (κ2) is 9.18. The van der Waals surface area contributed by atoms with Gasteiger partial charge in [0.15, 0.2) is 0 Å². The highest BCUT2D eigenvalue weighted by Gasteiger charge is 2.15. The summed E-state index contributed by atoms with van der Waals surface area (Å²) in [6.07, 6.45) is 2.41. The summed E-state index contributed by atoms with van der Waals surface area (Å²) in [6.45, 7) is 4.82. The number of nitrogens with zero attached hydrogens (tertiary/aromatic N) is 3. The number of hydrogen-bond acceptors (Lipinski definition) is 3. The van der Waals surface area contributed by atoms with E-state index in [1.807, 2.05) is 50.3 Å². The van der Waals surface area contributed by atoms with Crippen molar-refractivity contribution < 1.29 is 9.59 Å². The first-order valence-electron chi connectivity index (χ1n) is 8.16. The molecule has 0 N–H and O–H groups in total. The molecule has 1 rings (SSSR count). The Bertz CT molecular complexity index is 512. The lowest BCUT2D eigenvalue weighted by molar-refractivity contribution is -0.129. The summed E-state index contributed by atoms with van der Waals surface area (Å²) in [7, 11) is 5.77. The Kier molecular flexibility index (Phi) is 7.59. The summed E-state index contributed by atoms with van der Waals surface area (Å²) in [4.78, 5) is 29.5. The minimum atomic E-state index is -0.0494. The van der Waals surface area contributed by atoms with Crippen LogP contribution in [0.4, 0.5) is 11.4 Å². The number of unbranched alkanes of at least 4 members (excludes halogenated alkanes) is 1. The molecule has 128 valence electrons. The van der Waals surface area contributed by atoms with E-state index < -0.39 is 0 Å². The van der Waals surface area contributed by atoms with Crippen LogP contribution in [0.2, 0.25) is 0 Å². The highest BCUT2D eigenvalue weighted by molar-refractivity contribution is 5.92. The second-order valence-corrected chi connectivity index (χ2v) is 6.00. The van der Waals surface area contributed by atoms with Crippen LogP contribution in [0.25, 0.3) is 0 Å². The number of amides is 2. The molecule has 5 heteroatoms. The Balaban J connectivity index is 2.68. The first-order chi connectivity index (χ1) is 10.9. The van der Waals surface area contributed by atoms with E-state index >= 15 is 0 Å². The molecule has 23 heavy (non-hydrogen) atoms. The number of carbonyl (C=O) groups excluding carboxylic acids is 2. The largest absolute Gasteiger partial charge is 0.378 e. The third-order valence-corrected chi connectivity index (χ3v) is 3.88. The molecule has 0 aliphatic heterocycles. The predicted octanol–water partition coefficient (Wildman–Crippen LogP) is 2.75. The van der Waals surface area contributed by atoms with Gasteiger partial charge < -0.3 is 14.7 Å². The van der Waals surface area contributed by atoms with Gasteiger partial charge in [-0.3, -0.25) is 9.59 Å². The van der Waals surface area contributed by atoms with Gasteiger partial charge in [-0.15, -0.1) is 0 Å². The van der Waals surface area contributed by atoms with Crippen molar-refractivity contribution in [1.82, 2.24) is 4.90 Å². The topological polar surface area (TPSA) is 43.9 Å². The van der Waals surface area contributed by atoms with Crippen LogP contribution in [-0.4, -0.2) is 50.9 Å². The molecule has 1 aromatic rings. The van der Waals surface area contributed by atoms with E-state index in [9.17, 15) is 9.59 Å². The fourth-order valence-electron chi connectivity index (χ4n) is 2.32. The van der Waals surface area contributed by atoms with Crippen LogP contribution in [-0.2, 0) is 9.59 Å². The van der Waals surface area contributed by atoms with Gasteiger partial charge in [0, 0.05) is 59.0 Å². The van der Waals surface area contributed by atoms with Gasteiger partial charge >= 0.3 is 0 Å². The monoisotopic (exact) mass is 319 g/mol. The molecule has 0 radical (unpaired) electrons. The molecule has 0 saturated carbocycles. The molecule has 2 amide bonds. The van der Waals surface area contributed by atoms with Crippen molar-refractivity contribution in [1.29, 1.82) is 0 Å². The number of hydrogen-bond donors (Lipinski definition) is 0. The van der Waals surface area contributed by atoms with Gasteiger partial charge in [-0.25, -0.2) is 0 Å². The fraction of sp³-hybridized carbons (Fsp3) is 0.556. The summed E-state index contributed by atoms with van der Waals surface area (Å²) < 4.78 is 0. The van der Waals surface area contributed by atoms with Crippen LogP contribution in [0.5, 0.6) is 0 Å². The molecule has 0 aliphatic rings. The van der Waals surface area contributed by atoms with Crippen LogP contribution in [0, 0.1) is 0 Å². The van der Waals surface area contributed by atoms with E-state index in [2.05, 4.69) is 6.92 Å². The second-order valence-electron chi connectivity index (χ2n) is 6.00. The summed E-state index contributed by atoms with van der Waals surface area (Å²) >= 11 is 0. The Morgan fingerprint density at radius 2 is 1.52 bits per heavy atom.